The fraction of sp³-hybridized carbons (Fsp3) is 0.792. The van der Waals surface area contributed by atoms with Gasteiger partial charge in [-0.1, -0.05) is 0 Å². The second kappa shape index (κ2) is 8.03. The smallest absolute Gasteiger partial charge is 0.290 e. The maximum atomic E-state index is 14.9. The van der Waals surface area contributed by atoms with Crippen LogP contribution in [0.3, 0.4) is 0 Å². The number of hydrogen-bond acceptors (Lipinski definition) is 6. The van der Waals surface area contributed by atoms with Crippen molar-refractivity contribution in [1.29, 1.82) is 0 Å². The summed E-state index contributed by atoms with van der Waals surface area (Å²) in [5.41, 5.74) is 0.607. The zero-order valence-electron chi connectivity index (χ0n) is 19.4. The molecule has 6 aliphatic rings. The highest BCUT2D eigenvalue weighted by atomic mass is 19.3. The molecule has 7 nitrogen and oxygen atoms in total. The first-order valence-electron chi connectivity index (χ1n) is 12.7. The summed E-state index contributed by atoms with van der Waals surface area (Å²) in [4.78, 5) is 28.4. The quantitative estimate of drug-likeness (QED) is 0.745. The van der Waals surface area contributed by atoms with Crippen LogP contribution in [0.4, 0.5) is 20.5 Å². The van der Waals surface area contributed by atoms with E-state index in [4.69, 9.17) is 4.98 Å². The second-order valence-corrected chi connectivity index (χ2v) is 10.7. The van der Waals surface area contributed by atoms with Gasteiger partial charge >= 0.3 is 0 Å². The average molecular weight is 461 g/mol. The summed E-state index contributed by atoms with van der Waals surface area (Å²) in [5.74, 6) is -0.113. The summed E-state index contributed by atoms with van der Waals surface area (Å²) in [5, 5.41) is 3.30. The van der Waals surface area contributed by atoms with E-state index in [0.29, 0.717) is 54.6 Å². The Morgan fingerprint density at radius 1 is 1.15 bits per heavy atom. The third-order valence-electron chi connectivity index (χ3n) is 8.72. The van der Waals surface area contributed by atoms with E-state index in [0.717, 1.165) is 64.5 Å². The number of anilines is 2. The van der Waals surface area contributed by atoms with Gasteiger partial charge < -0.3 is 20.0 Å². The van der Waals surface area contributed by atoms with Gasteiger partial charge in [-0.2, -0.15) is 13.8 Å². The Morgan fingerprint density at radius 2 is 1.91 bits per heavy atom. The number of rotatable bonds is 4. The van der Waals surface area contributed by atoms with Crippen LogP contribution in [-0.2, 0) is 17.1 Å². The first-order chi connectivity index (χ1) is 15.9. The molecule has 3 atom stereocenters. The summed E-state index contributed by atoms with van der Waals surface area (Å²) >= 11 is 0. The van der Waals surface area contributed by atoms with E-state index >= 15 is 0 Å². The number of halogens is 2. The van der Waals surface area contributed by atoms with Gasteiger partial charge in [0.25, 0.3) is 5.92 Å². The molecule has 33 heavy (non-hydrogen) atoms. The van der Waals surface area contributed by atoms with Crippen LogP contribution in [0.15, 0.2) is 0 Å². The number of carbonyl (C=O) groups excluding carboxylic acids is 1. The molecule has 0 aromatic carbocycles. The van der Waals surface area contributed by atoms with Crippen molar-refractivity contribution in [1.82, 2.24) is 20.2 Å². The Morgan fingerprint density at radius 3 is 2.58 bits per heavy atom. The Hall–Kier alpha value is -2.03. The highest BCUT2D eigenvalue weighted by Crippen LogP contribution is 2.50. The third-order valence-corrected chi connectivity index (χ3v) is 8.72. The van der Waals surface area contributed by atoms with Gasteiger partial charge in [0.1, 0.15) is 11.5 Å². The lowest BCUT2D eigenvalue weighted by Crippen LogP contribution is -2.57. The van der Waals surface area contributed by atoms with Crippen molar-refractivity contribution in [2.45, 2.75) is 57.4 Å². The molecule has 1 amide bonds. The van der Waals surface area contributed by atoms with Gasteiger partial charge in [-0.25, -0.2) is 4.98 Å². The lowest BCUT2D eigenvalue weighted by atomic mass is 9.60. The largest absolute Gasteiger partial charge is 0.356 e. The average Bonchev–Trinajstić information content (AvgIpc) is 2.81. The number of carbonyl (C=O) groups is 1. The molecule has 2 aliphatic carbocycles. The summed E-state index contributed by atoms with van der Waals surface area (Å²) in [6, 6.07) is 0.295. The van der Waals surface area contributed by atoms with Gasteiger partial charge in [-0.05, 0) is 50.4 Å². The van der Waals surface area contributed by atoms with Crippen molar-refractivity contribution < 1.29 is 13.6 Å². The number of alkyl halides is 2. The van der Waals surface area contributed by atoms with E-state index in [-0.39, 0.29) is 18.0 Å². The van der Waals surface area contributed by atoms with Crippen LogP contribution in [0.2, 0.25) is 0 Å². The highest BCUT2D eigenvalue weighted by molar-refractivity contribution is 5.77. The zero-order valence-corrected chi connectivity index (χ0v) is 19.4. The topological polar surface area (TPSA) is 64.6 Å². The molecule has 1 N–H and O–H groups in total. The van der Waals surface area contributed by atoms with Gasteiger partial charge in [0.05, 0.1) is 0 Å². The molecular formula is C24H34F2N6O. The Kier molecular flexibility index (Phi) is 5.23. The molecule has 1 aromatic heterocycles. The molecule has 180 valence electrons. The second-order valence-electron chi connectivity index (χ2n) is 10.7. The van der Waals surface area contributed by atoms with Crippen molar-refractivity contribution in [2.75, 3.05) is 55.6 Å². The Labute approximate surface area is 193 Å². The number of nitrogens with zero attached hydrogens (tertiary/aromatic N) is 5. The van der Waals surface area contributed by atoms with Gasteiger partial charge in [0.2, 0.25) is 11.9 Å². The van der Waals surface area contributed by atoms with Crippen molar-refractivity contribution in [3.05, 3.63) is 11.3 Å². The Balaban J connectivity index is 1.22. The van der Waals surface area contributed by atoms with Crippen molar-refractivity contribution in [3.63, 3.8) is 0 Å². The van der Waals surface area contributed by atoms with Crippen LogP contribution < -0.4 is 15.1 Å². The maximum absolute atomic E-state index is 14.9. The fourth-order valence-electron chi connectivity index (χ4n) is 6.54. The van der Waals surface area contributed by atoms with Gasteiger partial charge in [-0.3, -0.25) is 4.79 Å². The SMILES string of the molecule is C[C@H]1CCN1c1nc(N2CC3CC(C2)C3CC(=O)N2CCNCC2)c2c(n1)C(F)(F)CCC2. The normalized spacial score (nSPS) is 32.6. The minimum Gasteiger partial charge on any atom is -0.356 e. The van der Waals surface area contributed by atoms with Crippen LogP contribution in [0.1, 0.15) is 50.3 Å². The lowest BCUT2D eigenvalue weighted by Gasteiger charge is -2.54. The number of piperidine rings is 2. The van der Waals surface area contributed by atoms with Crippen molar-refractivity contribution in [3.8, 4) is 0 Å². The third kappa shape index (κ3) is 3.67. The van der Waals surface area contributed by atoms with E-state index in [1.807, 2.05) is 9.80 Å². The number of hydrogen-bond donors (Lipinski definition) is 1. The Bertz CT molecular complexity index is 924. The first-order valence-corrected chi connectivity index (χ1v) is 12.7. The van der Waals surface area contributed by atoms with Gasteiger partial charge in [-0.15, -0.1) is 0 Å². The van der Waals surface area contributed by atoms with Crippen LogP contribution in [0, 0.1) is 17.8 Å². The summed E-state index contributed by atoms with van der Waals surface area (Å²) in [7, 11) is 0. The predicted octanol–water partition coefficient (Wildman–Crippen LogP) is 2.40. The standard InChI is InChI=1S/C24H34F2N6O/c1-15-4-8-32(15)23-28-21-18(3-2-5-24(21,25)26)22(29-23)31-13-16-11-17(14-31)19(16)12-20(33)30-9-6-27-7-10-30/h15-17,19,27H,2-14H2,1H3/t15-,16?,17?,19?/m0/s1. The molecule has 2 unspecified atom stereocenters. The molecule has 9 heteroatoms. The van der Waals surface area contributed by atoms with Crippen LogP contribution >= 0.6 is 0 Å². The van der Waals surface area contributed by atoms with Crippen LogP contribution in [0.25, 0.3) is 0 Å². The molecule has 4 aliphatic heterocycles. The monoisotopic (exact) mass is 460 g/mol. The maximum Gasteiger partial charge on any atom is 0.290 e. The molecule has 0 radical (unpaired) electrons. The molecule has 4 saturated heterocycles. The molecule has 7 rings (SSSR count). The van der Waals surface area contributed by atoms with E-state index in [1.165, 1.54) is 0 Å². The number of amides is 1. The van der Waals surface area contributed by atoms with Crippen LogP contribution in [-0.4, -0.2) is 72.6 Å². The van der Waals surface area contributed by atoms with E-state index in [1.54, 1.807) is 0 Å². The number of piperazine rings is 1. The molecule has 5 fully saturated rings. The first kappa shape index (κ1) is 21.5. The summed E-state index contributed by atoms with van der Waals surface area (Å²) in [6.07, 6.45) is 3.76. The summed E-state index contributed by atoms with van der Waals surface area (Å²) in [6.45, 7) is 7.88. The minimum atomic E-state index is -2.88. The molecule has 5 heterocycles. The summed E-state index contributed by atoms with van der Waals surface area (Å²) < 4.78 is 29.8. The number of aromatic nitrogens is 2. The van der Waals surface area contributed by atoms with Crippen LogP contribution in [0.5, 0.6) is 0 Å². The van der Waals surface area contributed by atoms with Crippen molar-refractivity contribution >= 4 is 17.7 Å². The number of nitrogens with one attached hydrogen (secondary N) is 1. The fourth-order valence-corrected chi connectivity index (χ4v) is 6.54. The van der Waals surface area contributed by atoms with E-state index in [2.05, 4.69) is 22.1 Å². The zero-order chi connectivity index (χ0) is 22.7. The lowest BCUT2D eigenvalue weighted by molar-refractivity contribution is -0.135. The molecule has 1 aromatic rings. The van der Waals surface area contributed by atoms with E-state index in [9.17, 15) is 13.6 Å². The molecule has 1 saturated carbocycles. The molecule has 0 spiro atoms. The number of fused-ring (bicyclic) bond motifs is 3. The van der Waals surface area contributed by atoms with E-state index < -0.39 is 5.92 Å². The molecular weight excluding hydrogens is 426 g/mol. The van der Waals surface area contributed by atoms with Crippen molar-refractivity contribution in [2.24, 2.45) is 17.8 Å². The predicted molar refractivity (Wildman–Crippen MR) is 122 cm³/mol. The molecule has 2 bridgehead atoms. The minimum absolute atomic E-state index is 0.0440. The van der Waals surface area contributed by atoms with Gasteiger partial charge in [0, 0.05) is 70.3 Å². The highest BCUT2D eigenvalue weighted by Gasteiger charge is 2.49. The van der Waals surface area contributed by atoms with Gasteiger partial charge in [0.15, 0.2) is 0 Å².